The molecule has 1 aliphatic heterocycles. The minimum absolute atomic E-state index is 0.179. The smallest absolute Gasteiger partial charge is 0.306 e. The van der Waals surface area contributed by atoms with Gasteiger partial charge in [0.1, 0.15) is 0 Å². The van der Waals surface area contributed by atoms with E-state index in [9.17, 15) is 9.59 Å². The second-order valence-electron chi connectivity index (χ2n) is 5.26. The molecule has 0 aromatic rings. The summed E-state index contributed by atoms with van der Waals surface area (Å²) < 4.78 is 4.62. The number of carbonyl (C=O) groups excluding carboxylic acids is 2. The molecule has 0 atom stereocenters. The molecule has 0 unspecified atom stereocenters. The molecule has 0 saturated carbocycles. The number of amides is 1. The average Bonchev–Trinajstić information content (AvgIpc) is 2.43. The van der Waals surface area contributed by atoms with E-state index < -0.39 is 0 Å². The molecule has 19 heavy (non-hydrogen) atoms. The van der Waals surface area contributed by atoms with Crippen LogP contribution in [0, 0.1) is 5.92 Å². The lowest BCUT2D eigenvalue weighted by molar-refractivity contribution is -0.141. The lowest BCUT2D eigenvalue weighted by Gasteiger charge is -2.32. The number of likely N-dealkylation sites (tertiary alicyclic amines) is 1. The maximum Gasteiger partial charge on any atom is 0.306 e. The summed E-state index contributed by atoms with van der Waals surface area (Å²) in [6, 6.07) is 0. The second-order valence-corrected chi connectivity index (χ2v) is 5.26. The van der Waals surface area contributed by atoms with Crippen molar-refractivity contribution in [1.82, 2.24) is 9.80 Å². The zero-order valence-corrected chi connectivity index (χ0v) is 12.4. The summed E-state index contributed by atoms with van der Waals surface area (Å²) in [5.74, 6) is 0.682. The van der Waals surface area contributed by atoms with Gasteiger partial charge in [0.2, 0.25) is 5.91 Å². The van der Waals surface area contributed by atoms with Gasteiger partial charge in [-0.15, -0.1) is 0 Å². The number of piperidine rings is 1. The molecule has 1 amide bonds. The van der Waals surface area contributed by atoms with E-state index in [4.69, 9.17) is 0 Å². The molecular weight excluding hydrogens is 244 g/mol. The van der Waals surface area contributed by atoms with Gasteiger partial charge in [-0.25, -0.2) is 0 Å². The Morgan fingerprint density at radius 1 is 1.32 bits per heavy atom. The van der Waals surface area contributed by atoms with E-state index in [0.717, 1.165) is 38.4 Å². The van der Waals surface area contributed by atoms with Gasteiger partial charge in [0.15, 0.2) is 0 Å². The summed E-state index contributed by atoms with van der Waals surface area (Å²) in [5.41, 5.74) is 0. The molecule has 110 valence electrons. The standard InChI is InChI=1S/C14H26N2O3/c1-4-15(8-7-14(18)19-3)11-13(17)16-9-5-12(2)6-10-16/h12H,4-11H2,1-3H3. The lowest BCUT2D eigenvalue weighted by Crippen LogP contribution is -2.44. The van der Waals surface area contributed by atoms with Crippen LogP contribution in [0.15, 0.2) is 0 Å². The van der Waals surface area contributed by atoms with E-state index in [1.165, 1.54) is 7.11 Å². The second kappa shape index (κ2) is 8.15. The van der Waals surface area contributed by atoms with Crippen LogP contribution in [-0.2, 0) is 14.3 Å². The highest BCUT2D eigenvalue weighted by atomic mass is 16.5. The molecule has 1 fully saturated rings. The Kier molecular flexibility index (Phi) is 6.84. The first kappa shape index (κ1) is 16.0. The number of rotatable bonds is 6. The number of hydrogen-bond donors (Lipinski definition) is 0. The zero-order chi connectivity index (χ0) is 14.3. The van der Waals surface area contributed by atoms with Gasteiger partial charge in [0.05, 0.1) is 20.1 Å². The van der Waals surface area contributed by atoms with Gasteiger partial charge in [-0.3, -0.25) is 14.5 Å². The summed E-state index contributed by atoms with van der Waals surface area (Å²) in [6.45, 7) is 7.73. The van der Waals surface area contributed by atoms with Crippen LogP contribution in [0.4, 0.5) is 0 Å². The summed E-state index contributed by atoms with van der Waals surface area (Å²) in [6.07, 6.45) is 2.54. The van der Waals surface area contributed by atoms with Crippen molar-refractivity contribution >= 4 is 11.9 Å². The number of hydrogen-bond acceptors (Lipinski definition) is 4. The molecule has 0 bridgehead atoms. The molecule has 1 aliphatic rings. The minimum atomic E-state index is -0.224. The predicted octanol–water partition coefficient (Wildman–Crippen LogP) is 1.13. The highest BCUT2D eigenvalue weighted by Gasteiger charge is 2.21. The topological polar surface area (TPSA) is 49.9 Å². The Bertz CT molecular complexity index is 299. The molecule has 0 aliphatic carbocycles. The van der Waals surface area contributed by atoms with E-state index in [2.05, 4.69) is 11.7 Å². The number of likely N-dealkylation sites (N-methyl/N-ethyl adjacent to an activating group) is 1. The third-order valence-corrected chi connectivity index (χ3v) is 3.80. The van der Waals surface area contributed by atoms with Crippen molar-refractivity contribution in [3.63, 3.8) is 0 Å². The molecule has 0 aromatic carbocycles. The Morgan fingerprint density at radius 2 is 1.95 bits per heavy atom. The molecule has 1 rings (SSSR count). The maximum absolute atomic E-state index is 12.2. The largest absolute Gasteiger partial charge is 0.469 e. The Hall–Kier alpha value is -1.10. The van der Waals surface area contributed by atoms with E-state index in [0.29, 0.717) is 19.5 Å². The molecule has 0 radical (unpaired) electrons. The molecule has 1 saturated heterocycles. The maximum atomic E-state index is 12.2. The molecular formula is C14H26N2O3. The van der Waals surface area contributed by atoms with Crippen LogP contribution < -0.4 is 0 Å². The van der Waals surface area contributed by atoms with Crippen molar-refractivity contribution in [2.45, 2.75) is 33.1 Å². The monoisotopic (exact) mass is 270 g/mol. The number of nitrogens with zero attached hydrogens (tertiary/aromatic N) is 2. The Labute approximate surface area is 115 Å². The molecule has 0 aromatic heterocycles. The third kappa shape index (κ3) is 5.59. The quantitative estimate of drug-likeness (QED) is 0.679. The number of carbonyl (C=O) groups is 2. The molecule has 5 nitrogen and oxygen atoms in total. The number of methoxy groups -OCH3 is 1. The van der Waals surface area contributed by atoms with E-state index in [-0.39, 0.29) is 11.9 Å². The third-order valence-electron chi connectivity index (χ3n) is 3.80. The van der Waals surface area contributed by atoms with Crippen LogP contribution in [0.5, 0.6) is 0 Å². The molecule has 1 heterocycles. The van der Waals surface area contributed by atoms with Gasteiger partial charge in [0, 0.05) is 19.6 Å². The lowest BCUT2D eigenvalue weighted by atomic mass is 9.99. The highest BCUT2D eigenvalue weighted by molar-refractivity contribution is 5.78. The first-order chi connectivity index (χ1) is 9.06. The van der Waals surface area contributed by atoms with Crippen molar-refractivity contribution in [3.8, 4) is 0 Å². The fourth-order valence-electron chi connectivity index (χ4n) is 2.25. The highest BCUT2D eigenvalue weighted by Crippen LogP contribution is 2.16. The van der Waals surface area contributed by atoms with Crippen molar-refractivity contribution in [3.05, 3.63) is 0 Å². The summed E-state index contributed by atoms with van der Waals surface area (Å²) in [5, 5.41) is 0. The van der Waals surface area contributed by atoms with Gasteiger partial charge in [-0.05, 0) is 25.3 Å². The van der Waals surface area contributed by atoms with Crippen molar-refractivity contribution in [2.75, 3.05) is 39.8 Å². The summed E-state index contributed by atoms with van der Waals surface area (Å²) in [4.78, 5) is 27.2. The first-order valence-corrected chi connectivity index (χ1v) is 7.13. The summed E-state index contributed by atoms with van der Waals surface area (Å²) in [7, 11) is 1.39. The van der Waals surface area contributed by atoms with Crippen LogP contribution in [0.2, 0.25) is 0 Å². The Balaban J connectivity index is 2.33. The number of ether oxygens (including phenoxy) is 1. The van der Waals surface area contributed by atoms with Gasteiger partial charge >= 0.3 is 5.97 Å². The number of esters is 1. The van der Waals surface area contributed by atoms with Crippen LogP contribution >= 0.6 is 0 Å². The molecule has 5 heteroatoms. The van der Waals surface area contributed by atoms with Crippen LogP contribution in [-0.4, -0.2) is 61.5 Å². The molecule has 0 spiro atoms. The van der Waals surface area contributed by atoms with Gasteiger partial charge < -0.3 is 9.64 Å². The fraction of sp³-hybridized carbons (Fsp3) is 0.857. The van der Waals surface area contributed by atoms with E-state index in [1.807, 2.05) is 16.7 Å². The van der Waals surface area contributed by atoms with Crippen LogP contribution in [0.1, 0.15) is 33.1 Å². The van der Waals surface area contributed by atoms with Crippen molar-refractivity contribution < 1.29 is 14.3 Å². The normalized spacial score (nSPS) is 16.7. The van der Waals surface area contributed by atoms with E-state index >= 15 is 0 Å². The fourth-order valence-corrected chi connectivity index (χ4v) is 2.25. The van der Waals surface area contributed by atoms with Crippen molar-refractivity contribution in [2.24, 2.45) is 5.92 Å². The van der Waals surface area contributed by atoms with E-state index in [1.54, 1.807) is 0 Å². The molecule has 0 N–H and O–H groups in total. The summed E-state index contributed by atoms with van der Waals surface area (Å²) >= 11 is 0. The van der Waals surface area contributed by atoms with Gasteiger partial charge in [-0.1, -0.05) is 13.8 Å². The van der Waals surface area contributed by atoms with Crippen LogP contribution in [0.25, 0.3) is 0 Å². The van der Waals surface area contributed by atoms with Crippen molar-refractivity contribution in [1.29, 1.82) is 0 Å². The average molecular weight is 270 g/mol. The Morgan fingerprint density at radius 3 is 2.47 bits per heavy atom. The SMILES string of the molecule is CCN(CCC(=O)OC)CC(=O)N1CCC(C)CC1. The zero-order valence-electron chi connectivity index (χ0n) is 12.4. The minimum Gasteiger partial charge on any atom is -0.469 e. The van der Waals surface area contributed by atoms with Gasteiger partial charge in [0.25, 0.3) is 0 Å². The van der Waals surface area contributed by atoms with Gasteiger partial charge in [-0.2, -0.15) is 0 Å². The first-order valence-electron chi connectivity index (χ1n) is 7.13. The predicted molar refractivity (Wildman–Crippen MR) is 73.7 cm³/mol. The van der Waals surface area contributed by atoms with Crippen LogP contribution in [0.3, 0.4) is 0 Å².